The fourth-order valence-electron chi connectivity index (χ4n) is 2.16. The van der Waals surface area contributed by atoms with Crippen LogP contribution in [-0.2, 0) is 11.3 Å². The van der Waals surface area contributed by atoms with E-state index in [1.54, 1.807) is 0 Å². The van der Waals surface area contributed by atoms with Crippen LogP contribution >= 0.6 is 0 Å². The molecule has 0 saturated heterocycles. The van der Waals surface area contributed by atoms with E-state index in [0.29, 0.717) is 13.1 Å². The molecule has 1 amide bonds. The molecule has 0 bridgehead atoms. The molecule has 0 aromatic heterocycles. The Morgan fingerprint density at radius 3 is 2.57 bits per heavy atom. The van der Waals surface area contributed by atoms with Crippen molar-refractivity contribution in [1.29, 1.82) is 0 Å². The topological polar surface area (TPSA) is 41.1 Å². The number of hydrogen-bond donors (Lipinski definition) is 2. The monoisotopic (exact) mass is 282 g/mol. The Kier molecular flexibility index (Phi) is 5.52. The lowest BCUT2D eigenvalue weighted by molar-refractivity contribution is -0.120. The second-order valence-electron chi connectivity index (χ2n) is 5.28. The average molecular weight is 282 g/mol. The summed E-state index contributed by atoms with van der Waals surface area (Å²) in [7, 11) is 0. The Morgan fingerprint density at radius 2 is 1.86 bits per heavy atom. The molecular weight excluding hydrogens is 260 g/mol. The van der Waals surface area contributed by atoms with Crippen LogP contribution in [0.25, 0.3) is 0 Å². The lowest BCUT2D eigenvalue weighted by Crippen LogP contribution is -2.34. The predicted octanol–water partition coefficient (Wildman–Crippen LogP) is 2.96. The minimum atomic E-state index is 0.0124. The van der Waals surface area contributed by atoms with Crippen LogP contribution in [0.4, 0.5) is 0 Å². The van der Waals surface area contributed by atoms with Crippen molar-refractivity contribution >= 4 is 5.91 Å². The van der Waals surface area contributed by atoms with E-state index in [1.807, 2.05) is 36.4 Å². The molecule has 110 valence electrons. The zero-order chi connectivity index (χ0) is 15.1. The van der Waals surface area contributed by atoms with Crippen LogP contribution in [-0.4, -0.2) is 12.5 Å². The molecule has 2 aromatic carbocycles. The molecule has 0 spiro atoms. The highest BCUT2D eigenvalue weighted by molar-refractivity contribution is 5.78. The molecule has 3 heteroatoms. The second-order valence-corrected chi connectivity index (χ2v) is 5.28. The first-order valence-corrected chi connectivity index (χ1v) is 7.26. The Bertz CT molecular complexity index is 581. The van der Waals surface area contributed by atoms with E-state index in [2.05, 4.69) is 42.7 Å². The zero-order valence-corrected chi connectivity index (χ0v) is 12.6. The predicted molar refractivity (Wildman–Crippen MR) is 85.9 cm³/mol. The maximum Gasteiger partial charge on any atom is 0.234 e. The molecule has 2 rings (SSSR count). The van der Waals surface area contributed by atoms with E-state index in [0.717, 1.165) is 5.56 Å². The molecule has 0 radical (unpaired) electrons. The van der Waals surface area contributed by atoms with Crippen LogP contribution in [0.15, 0.2) is 54.6 Å². The van der Waals surface area contributed by atoms with Gasteiger partial charge in [-0.25, -0.2) is 0 Å². The number of benzene rings is 2. The van der Waals surface area contributed by atoms with Crippen molar-refractivity contribution < 1.29 is 4.79 Å². The lowest BCUT2D eigenvalue weighted by atomic mass is 10.1. The molecule has 0 aliphatic carbocycles. The Balaban J connectivity index is 1.76. The average Bonchev–Trinajstić information content (AvgIpc) is 2.51. The largest absolute Gasteiger partial charge is 0.351 e. The van der Waals surface area contributed by atoms with Crippen molar-refractivity contribution in [3.05, 3.63) is 71.3 Å². The van der Waals surface area contributed by atoms with Crippen molar-refractivity contribution in [1.82, 2.24) is 10.6 Å². The standard InChI is InChI=1S/C18H22N2O/c1-14-7-6-10-17(11-14)15(2)19-13-18(21)20-12-16-8-4-3-5-9-16/h3-11,15,19H,12-13H2,1-2H3,(H,20,21)/t15-/m1/s1. The first kappa shape index (κ1) is 15.3. The lowest BCUT2D eigenvalue weighted by Gasteiger charge is -2.14. The van der Waals surface area contributed by atoms with Crippen LogP contribution in [0.5, 0.6) is 0 Å². The van der Waals surface area contributed by atoms with E-state index in [4.69, 9.17) is 0 Å². The summed E-state index contributed by atoms with van der Waals surface area (Å²) >= 11 is 0. The molecule has 0 aliphatic rings. The normalized spacial score (nSPS) is 11.9. The van der Waals surface area contributed by atoms with Crippen molar-refractivity contribution in [2.24, 2.45) is 0 Å². The van der Waals surface area contributed by atoms with E-state index >= 15 is 0 Å². The SMILES string of the molecule is Cc1cccc([C@@H](C)NCC(=O)NCc2ccccc2)c1. The third kappa shape index (κ3) is 5.04. The van der Waals surface area contributed by atoms with Gasteiger partial charge in [0.1, 0.15) is 0 Å². The summed E-state index contributed by atoms with van der Waals surface area (Å²) in [5.41, 5.74) is 3.54. The van der Waals surface area contributed by atoms with Gasteiger partial charge in [-0.1, -0.05) is 60.2 Å². The van der Waals surface area contributed by atoms with E-state index in [1.165, 1.54) is 11.1 Å². The summed E-state index contributed by atoms with van der Waals surface area (Å²) in [5.74, 6) is 0.0124. The Morgan fingerprint density at radius 1 is 1.10 bits per heavy atom. The Labute approximate surface area is 126 Å². The van der Waals surface area contributed by atoms with Crippen molar-refractivity contribution in [3.8, 4) is 0 Å². The van der Waals surface area contributed by atoms with E-state index in [-0.39, 0.29) is 11.9 Å². The maximum absolute atomic E-state index is 11.8. The molecule has 1 atom stereocenters. The zero-order valence-electron chi connectivity index (χ0n) is 12.6. The van der Waals surface area contributed by atoms with Crippen LogP contribution in [0.1, 0.15) is 29.7 Å². The van der Waals surface area contributed by atoms with Crippen LogP contribution in [0.3, 0.4) is 0 Å². The minimum Gasteiger partial charge on any atom is -0.351 e. The molecule has 3 nitrogen and oxygen atoms in total. The van der Waals surface area contributed by atoms with Crippen LogP contribution in [0.2, 0.25) is 0 Å². The van der Waals surface area contributed by atoms with E-state index < -0.39 is 0 Å². The molecule has 0 heterocycles. The summed E-state index contributed by atoms with van der Waals surface area (Å²) in [6, 6.07) is 18.4. The van der Waals surface area contributed by atoms with Gasteiger partial charge in [0.25, 0.3) is 0 Å². The number of carbonyl (C=O) groups excluding carboxylic acids is 1. The fourth-order valence-corrected chi connectivity index (χ4v) is 2.16. The van der Waals surface area contributed by atoms with Gasteiger partial charge in [0, 0.05) is 12.6 Å². The van der Waals surface area contributed by atoms with Gasteiger partial charge < -0.3 is 10.6 Å². The van der Waals surface area contributed by atoms with Gasteiger partial charge in [0.15, 0.2) is 0 Å². The highest BCUT2D eigenvalue weighted by Crippen LogP contribution is 2.13. The summed E-state index contributed by atoms with van der Waals surface area (Å²) in [4.78, 5) is 11.8. The quantitative estimate of drug-likeness (QED) is 0.855. The van der Waals surface area contributed by atoms with Crippen LogP contribution in [0, 0.1) is 6.92 Å². The summed E-state index contributed by atoms with van der Waals surface area (Å²) in [5, 5.41) is 6.17. The highest BCUT2D eigenvalue weighted by Gasteiger charge is 2.07. The van der Waals surface area contributed by atoms with Gasteiger partial charge in [-0.3, -0.25) is 4.79 Å². The third-order valence-electron chi connectivity index (χ3n) is 3.44. The summed E-state index contributed by atoms with van der Waals surface area (Å²) < 4.78 is 0. The third-order valence-corrected chi connectivity index (χ3v) is 3.44. The first-order valence-electron chi connectivity index (χ1n) is 7.26. The van der Waals surface area contributed by atoms with Gasteiger partial charge in [-0.2, -0.15) is 0 Å². The van der Waals surface area contributed by atoms with Crippen molar-refractivity contribution in [2.75, 3.05) is 6.54 Å². The summed E-state index contributed by atoms with van der Waals surface area (Å²) in [6.45, 7) is 5.03. The van der Waals surface area contributed by atoms with Gasteiger partial charge in [0.05, 0.1) is 6.54 Å². The molecule has 21 heavy (non-hydrogen) atoms. The number of hydrogen-bond acceptors (Lipinski definition) is 2. The maximum atomic E-state index is 11.8. The molecule has 0 aliphatic heterocycles. The molecular formula is C18H22N2O. The minimum absolute atomic E-state index is 0.0124. The number of amides is 1. The van der Waals surface area contributed by atoms with Crippen molar-refractivity contribution in [3.63, 3.8) is 0 Å². The van der Waals surface area contributed by atoms with Gasteiger partial charge in [0.2, 0.25) is 5.91 Å². The fraction of sp³-hybridized carbons (Fsp3) is 0.278. The van der Waals surface area contributed by atoms with Crippen LogP contribution < -0.4 is 10.6 Å². The first-order chi connectivity index (χ1) is 10.1. The van der Waals surface area contributed by atoms with Gasteiger partial charge in [-0.05, 0) is 25.0 Å². The molecule has 0 saturated carbocycles. The number of carbonyl (C=O) groups is 1. The molecule has 0 fully saturated rings. The molecule has 2 N–H and O–H groups in total. The highest BCUT2D eigenvalue weighted by atomic mass is 16.1. The number of rotatable bonds is 6. The number of aryl methyl sites for hydroxylation is 1. The molecule has 0 unspecified atom stereocenters. The van der Waals surface area contributed by atoms with Crippen molar-refractivity contribution in [2.45, 2.75) is 26.4 Å². The Hall–Kier alpha value is -2.13. The molecule has 2 aromatic rings. The van der Waals surface area contributed by atoms with Gasteiger partial charge in [-0.15, -0.1) is 0 Å². The van der Waals surface area contributed by atoms with E-state index in [9.17, 15) is 4.79 Å². The number of nitrogens with one attached hydrogen (secondary N) is 2. The smallest absolute Gasteiger partial charge is 0.234 e. The summed E-state index contributed by atoms with van der Waals surface area (Å²) in [6.07, 6.45) is 0. The van der Waals surface area contributed by atoms with Gasteiger partial charge >= 0.3 is 0 Å². The second kappa shape index (κ2) is 7.60.